The minimum Gasteiger partial charge on any atom is -0.343 e. The smallest absolute Gasteiger partial charge is 0.154 e. The van der Waals surface area contributed by atoms with Gasteiger partial charge in [-0.25, -0.2) is 4.98 Å². The summed E-state index contributed by atoms with van der Waals surface area (Å²) < 4.78 is 0. The van der Waals surface area contributed by atoms with Gasteiger partial charge < -0.3 is 4.98 Å². The monoisotopic (exact) mass is 178 g/mol. The number of aromatic nitrogens is 2. The molecule has 2 rings (SSSR count). The van der Waals surface area contributed by atoms with E-state index < -0.39 is 0 Å². The van der Waals surface area contributed by atoms with E-state index in [1.165, 1.54) is 0 Å². The number of nitrogens with one attached hydrogen (secondary N) is 1. The first kappa shape index (κ1) is 7.37. The lowest BCUT2D eigenvalue weighted by Gasteiger charge is -1.95. The minimum atomic E-state index is 0.515. The minimum absolute atomic E-state index is 0.515. The van der Waals surface area contributed by atoms with Crippen LogP contribution in [0, 0.1) is 0 Å². The number of hydrogen-bond acceptors (Lipinski definition) is 1. The molecule has 0 atom stereocenters. The zero-order valence-electron chi connectivity index (χ0n) is 6.29. The molecule has 1 N–H and O–H groups in total. The zero-order chi connectivity index (χ0) is 8.39. The summed E-state index contributed by atoms with van der Waals surface area (Å²) in [7, 11) is 0. The van der Waals surface area contributed by atoms with E-state index in [4.69, 9.17) is 11.6 Å². The summed E-state index contributed by atoms with van der Waals surface area (Å²) in [6.07, 6.45) is 1.59. The molecule has 60 valence electrons. The third kappa shape index (κ3) is 1.21. The molecule has 0 aliphatic rings. The van der Waals surface area contributed by atoms with E-state index in [0.29, 0.717) is 5.15 Å². The molecule has 0 fully saturated rings. The highest BCUT2D eigenvalue weighted by molar-refractivity contribution is 6.31. The van der Waals surface area contributed by atoms with Gasteiger partial charge in [0.15, 0.2) is 5.15 Å². The number of aromatic amines is 1. The Hall–Kier alpha value is -1.28. The van der Waals surface area contributed by atoms with Crippen molar-refractivity contribution in [3.63, 3.8) is 0 Å². The highest BCUT2D eigenvalue weighted by Crippen LogP contribution is 2.22. The molecule has 0 bridgehead atoms. The second-order valence-corrected chi connectivity index (χ2v) is 2.79. The Morgan fingerprint density at radius 2 is 1.92 bits per heavy atom. The summed E-state index contributed by atoms with van der Waals surface area (Å²) in [5, 5.41) is 0.515. The van der Waals surface area contributed by atoms with Crippen molar-refractivity contribution in [3.05, 3.63) is 41.8 Å². The van der Waals surface area contributed by atoms with Crippen molar-refractivity contribution in [1.82, 2.24) is 9.97 Å². The molecule has 0 spiro atoms. The van der Waals surface area contributed by atoms with Gasteiger partial charge in [0, 0.05) is 5.56 Å². The van der Waals surface area contributed by atoms with E-state index in [-0.39, 0.29) is 0 Å². The van der Waals surface area contributed by atoms with Gasteiger partial charge in [-0.2, -0.15) is 0 Å². The van der Waals surface area contributed by atoms with Gasteiger partial charge in [0.1, 0.15) is 0 Å². The van der Waals surface area contributed by atoms with Gasteiger partial charge >= 0.3 is 0 Å². The van der Waals surface area contributed by atoms with Crippen molar-refractivity contribution < 1.29 is 0 Å². The molecule has 12 heavy (non-hydrogen) atoms. The van der Waals surface area contributed by atoms with Crippen LogP contribution in [0.25, 0.3) is 11.3 Å². The van der Waals surface area contributed by atoms with Crippen molar-refractivity contribution in [1.29, 1.82) is 0 Å². The van der Waals surface area contributed by atoms with E-state index in [9.17, 15) is 0 Å². The lowest BCUT2D eigenvalue weighted by Crippen LogP contribution is -1.76. The van der Waals surface area contributed by atoms with Crippen LogP contribution < -0.4 is 0 Å². The first-order valence-corrected chi connectivity index (χ1v) is 4.00. The Balaban J connectivity index is 2.51. The predicted octanol–water partition coefficient (Wildman–Crippen LogP) is 2.73. The molecular weight excluding hydrogens is 172 g/mol. The van der Waals surface area contributed by atoms with Crippen molar-refractivity contribution in [3.8, 4) is 11.3 Å². The number of H-pyrrole nitrogens is 1. The van der Waals surface area contributed by atoms with E-state index in [1.54, 1.807) is 6.33 Å². The van der Waals surface area contributed by atoms with E-state index in [2.05, 4.69) is 9.97 Å². The fourth-order valence-corrected chi connectivity index (χ4v) is 1.30. The van der Waals surface area contributed by atoms with Gasteiger partial charge in [-0.05, 0) is 0 Å². The highest BCUT2D eigenvalue weighted by Gasteiger charge is 2.03. The number of hydrogen-bond donors (Lipinski definition) is 1. The molecule has 2 nitrogen and oxygen atoms in total. The predicted molar refractivity (Wildman–Crippen MR) is 49.0 cm³/mol. The molecule has 0 aliphatic carbocycles. The van der Waals surface area contributed by atoms with Gasteiger partial charge in [0.2, 0.25) is 0 Å². The molecule has 0 saturated carbocycles. The summed E-state index contributed by atoms with van der Waals surface area (Å²) in [5.74, 6) is 0. The Labute approximate surface area is 75.2 Å². The molecule has 0 amide bonds. The van der Waals surface area contributed by atoms with Crippen molar-refractivity contribution in [2.45, 2.75) is 0 Å². The van der Waals surface area contributed by atoms with Gasteiger partial charge in [-0.1, -0.05) is 41.9 Å². The summed E-state index contributed by atoms with van der Waals surface area (Å²) in [6.45, 7) is 0. The summed E-state index contributed by atoms with van der Waals surface area (Å²) in [4.78, 5) is 6.88. The maximum Gasteiger partial charge on any atom is 0.154 e. The normalized spacial score (nSPS) is 10.1. The third-order valence-corrected chi connectivity index (χ3v) is 1.94. The number of nitrogens with zero attached hydrogens (tertiary/aromatic N) is 1. The number of imidazole rings is 1. The summed E-state index contributed by atoms with van der Waals surface area (Å²) >= 11 is 5.83. The largest absolute Gasteiger partial charge is 0.343 e. The van der Waals surface area contributed by atoms with Crippen LogP contribution in [0.15, 0.2) is 36.7 Å². The van der Waals surface area contributed by atoms with Gasteiger partial charge in [0.25, 0.3) is 0 Å². The van der Waals surface area contributed by atoms with Crippen molar-refractivity contribution in [2.75, 3.05) is 0 Å². The van der Waals surface area contributed by atoms with Crippen molar-refractivity contribution in [2.24, 2.45) is 0 Å². The summed E-state index contributed by atoms with van der Waals surface area (Å²) in [6, 6.07) is 9.87. The molecule has 2 aromatic rings. The van der Waals surface area contributed by atoms with Crippen molar-refractivity contribution >= 4 is 11.6 Å². The van der Waals surface area contributed by atoms with Crippen LogP contribution in [0.2, 0.25) is 5.15 Å². The number of rotatable bonds is 1. The number of benzene rings is 1. The van der Waals surface area contributed by atoms with Gasteiger partial charge in [-0.3, -0.25) is 0 Å². The first-order chi connectivity index (χ1) is 5.88. The average molecular weight is 179 g/mol. The lowest BCUT2D eigenvalue weighted by atomic mass is 10.2. The molecule has 1 aromatic heterocycles. The second kappa shape index (κ2) is 2.99. The third-order valence-electron chi connectivity index (χ3n) is 1.66. The molecular formula is C9H7ClN2. The first-order valence-electron chi connectivity index (χ1n) is 3.62. The maximum atomic E-state index is 5.83. The standard InChI is InChI=1S/C9H7ClN2/c10-9-8(11-6-12-9)7-4-2-1-3-5-7/h1-6H,(H,11,12). The Morgan fingerprint density at radius 1 is 1.17 bits per heavy atom. The molecule has 0 aliphatic heterocycles. The van der Waals surface area contributed by atoms with Crippen LogP contribution in [-0.2, 0) is 0 Å². The topological polar surface area (TPSA) is 28.7 Å². The van der Waals surface area contributed by atoms with Crippen LogP contribution >= 0.6 is 11.6 Å². The van der Waals surface area contributed by atoms with Crippen LogP contribution in [0.3, 0.4) is 0 Å². The van der Waals surface area contributed by atoms with E-state index in [1.807, 2.05) is 30.3 Å². The lowest BCUT2D eigenvalue weighted by molar-refractivity contribution is 1.31. The van der Waals surface area contributed by atoms with Gasteiger partial charge in [0.05, 0.1) is 12.0 Å². The Bertz CT molecular complexity index is 367. The second-order valence-electron chi connectivity index (χ2n) is 2.43. The molecule has 0 radical (unpaired) electrons. The maximum absolute atomic E-state index is 5.83. The summed E-state index contributed by atoms with van der Waals surface area (Å²) in [5.41, 5.74) is 1.93. The fraction of sp³-hybridized carbons (Fsp3) is 0. The molecule has 1 heterocycles. The molecule has 1 aromatic carbocycles. The quantitative estimate of drug-likeness (QED) is 0.715. The SMILES string of the molecule is Clc1nc[nH]c1-c1ccccc1. The van der Waals surface area contributed by atoms with Gasteiger partial charge in [-0.15, -0.1) is 0 Å². The average Bonchev–Trinajstić information content (AvgIpc) is 2.53. The highest BCUT2D eigenvalue weighted by atomic mass is 35.5. The van der Waals surface area contributed by atoms with Crippen LogP contribution in [-0.4, -0.2) is 9.97 Å². The fourth-order valence-electron chi connectivity index (χ4n) is 1.08. The number of halogens is 1. The Kier molecular flexibility index (Phi) is 1.84. The van der Waals surface area contributed by atoms with Crippen LogP contribution in [0.5, 0.6) is 0 Å². The van der Waals surface area contributed by atoms with Crippen LogP contribution in [0.4, 0.5) is 0 Å². The molecule has 3 heteroatoms. The molecule has 0 unspecified atom stereocenters. The van der Waals surface area contributed by atoms with Crippen LogP contribution in [0.1, 0.15) is 0 Å². The Morgan fingerprint density at radius 3 is 2.50 bits per heavy atom. The zero-order valence-corrected chi connectivity index (χ0v) is 7.05. The molecule has 0 saturated heterocycles. The van der Waals surface area contributed by atoms with E-state index >= 15 is 0 Å². The van der Waals surface area contributed by atoms with E-state index in [0.717, 1.165) is 11.3 Å².